The van der Waals surface area contributed by atoms with Gasteiger partial charge in [0.15, 0.2) is 0 Å². The van der Waals surface area contributed by atoms with Gasteiger partial charge in [-0.25, -0.2) is 0 Å². The number of likely N-dealkylation sites (N-methyl/N-ethyl adjacent to an activating group) is 1. The Morgan fingerprint density at radius 2 is 2.44 bits per heavy atom. The minimum Gasteiger partial charge on any atom is -0.492 e. The summed E-state index contributed by atoms with van der Waals surface area (Å²) in [7, 11) is 1.97. The van der Waals surface area contributed by atoms with Crippen molar-refractivity contribution in [2.75, 3.05) is 26.7 Å². The summed E-state index contributed by atoms with van der Waals surface area (Å²) in [6.07, 6.45) is -0.283. The molecule has 88 valence electrons. The van der Waals surface area contributed by atoms with Crippen LogP contribution >= 0.6 is 22.6 Å². The van der Waals surface area contributed by atoms with Gasteiger partial charge in [0.25, 0.3) is 5.56 Å². The van der Waals surface area contributed by atoms with Crippen LogP contribution in [0.2, 0.25) is 0 Å². The van der Waals surface area contributed by atoms with Crippen molar-refractivity contribution in [2.24, 2.45) is 0 Å². The molecule has 2 N–H and O–H groups in total. The number of hydrogen-bond donors (Lipinski definition) is 2. The van der Waals surface area contributed by atoms with E-state index in [-0.39, 0.29) is 21.1 Å². The van der Waals surface area contributed by atoms with E-state index in [4.69, 9.17) is 4.74 Å². The highest BCUT2D eigenvalue weighted by molar-refractivity contribution is 14.1. The van der Waals surface area contributed by atoms with E-state index in [1.807, 2.05) is 7.05 Å². The molecule has 0 amide bonds. The van der Waals surface area contributed by atoms with Crippen LogP contribution in [0.5, 0.6) is 5.88 Å². The molecule has 1 aromatic heterocycles. The maximum atomic E-state index is 11.5. The van der Waals surface area contributed by atoms with E-state index in [2.05, 4.69) is 14.9 Å². The van der Waals surface area contributed by atoms with Gasteiger partial charge in [-0.1, -0.05) is 0 Å². The lowest BCUT2D eigenvalue weighted by molar-refractivity contribution is -0.0258. The molecule has 16 heavy (non-hydrogen) atoms. The fraction of sp³-hybridized carbons (Fsp3) is 0.556. The molecule has 1 aliphatic rings. The predicted octanol–water partition coefficient (Wildman–Crippen LogP) is 0.0832. The van der Waals surface area contributed by atoms with Crippen molar-refractivity contribution in [1.82, 2.24) is 14.9 Å². The van der Waals surface area contributed by atoms with Crippen molar-refractivity contribution in [3.8, 4) is 5.88 Å². The fourth-order valence-electron chi connectivity index (χ4n) is 1.56. The van der Waals surface area contributed by atoms with Crippen LogP contribution < -0.4 is 5.56 Å². The van der Waals surface area contributed by atoms with Gasteiger partial charge in [-0.15, -0.1) is 0 Å². The van der Waals surface area contributed by atoms with Gasteiger partial charge in [0.2, 0.25) is 5.88 Å². The molecule has 1 saturated heterocycles. The molecular weight excluding hydrogens is 325 g/mol. The molecule has 1 unspecified atom stereocenters. The van der Waals surface area contributed by atoms with E-state index in [1.165, 1.54) is 0 Å². The number of halogens is 1. The SMILES string of the molecule is CN1CCOC(c2nc(O)c(I)c(=O)[nH]2)C1. The lowest BCUT2D eigenvalue weighted by atomic mass is 10.2. The topological polar surface area (TPSA) is 78.5 Å². The Bertz CT molecular complexity index is 448. The Labute approximate surface area is 106 Å². The van der Waals surface area contributed by atoms with Crippen molar-refractivity contribution < 1.29 is 9.84 Å². The molecule has 2 rings (SSSR count). The molecule has 1 atom stereocenters. The number of aromatic amines is 1. The molecule has 0 aromatic carbocycles. The molecule has 0 saturated carbocycles. The van der Waals surface area contributed by atoms with E-state index in [0.29, 0.717) is 19.0 Å². The maximum absolute atomic E-state index is 11.5. The first-order valence-electron chi connectivity index (χ1n) is 4.86. The number of aromatic hydroxyl groups is 1. The highest BCUT2D eigenvalue weighted by atomic mass is 127. The molecule has 7 heteroatoms. The Morgan fingerprint density at radius 3 is 3.06 bits per heavy atom. The van der Waals surface area contributed by atoms with Crippen LogP contribution in [0.3, 0.4) is 0 Å². The van der Waals surface area contributed by atoms with Crippen molar-refractivity contribution in [1.29, 1.82) is 0 Å². The van der Waals surface area contributed by atoms with Crippen LogP contribution in [0.1, 0.15) is 11.9 Å². The van der Waals surface area contributed by atoms with Gasteiger partial charge in [-0.3, -0.25) is 4.79 Å². The van der Waals surface area contributed by atoms with Crippen molar-refractivity contribution in [2.45, 2.75) is 6.10 Å². The summed E-state index contributed by atoms with van der Waals surface area (Å²) in [6.45, 7) is 2.11. The smallest absolute Gasteiger partial charge is 0.268 e. The second-order valence-corrected chi connectivity index (χ2v) is 4.79. The minimum absolute atomic E-state index is 0.200. The molecule has 1 aromatic rings. The monoisotopic (exact) mass is 337 g/mol. The first kappa shape index (κ1) is 11.8. The van der Waals surface area contributed by atoms with Gasteiger partial charge >= 0.3 is 0 Å². The van der Waals surface area contributed by atoms with Crippen LogP contribution in [0.25, 0.3) is 0 Å². The van der Waals surface area contributed by atoms with E-state index in [9.17, 15) is 9.90 Å². The molecule has 1 fully saturated rings. The van der Waals surface area contributed by atoms with E-state index in [1.54, 1.807) is 22.6 Å². The lowest BCUT2D eigenvalue weighted by Crippen LogP contribution is -2.36. The largest absolute Gasteiger partial charge is 0.492 e. The lowest BCUT2D eigenvalue weighted by Gasteiger charge is -2.29. The van der Waals surface area contributed by atoms with Gasteiger partial charge in [0.05, 0.1) is 6.61 Å². The summed E-state index contributed by atoms with van der Waals surface area (Å²) in [5, 5.41) is 9.47. The average molecular weight is 337 g/mol. The van der Waals surface area contributed by atoms with Gasteiger partial charge in [0, 0.05) is 13.1 Å². The average Bonchev–Trinajstić information content (AvgIpc) is 2.25. The molecular formula is C9H12IN3O3. The Morgan fingerprint density at radius 1 is 1.69 bits per heavy atom. The number of nitrogens with one attached hydrogen (secondary N) is 1. The van der Waals surface area contributed by atoms with E-state index >= 15 is 0 Å². The van der Waals surface area contributed by atoms with E-state index < -0.39 is 0 Å². The minimum atomic E-state index is -0.333. The molecule has 0 aliphatic carbocycles. The number of hydrogen-bond acceptors (Lipinski definition) is 5. The summed E-state index contributed by atoms with van der Waals surface area (Å²) in [5.41, 5.74) is -0.333. The molecule has 0 spiro atoms. The highest BCUT2D eigenvalue weighted by Crippen LogP contribution is 2.20. The third-order valence-corrected chi connectivity index (χ3v) is 3.41. The standard InChI is InChI=1S/C9H12IN3O3/c1-13-2-3-16-5(4-13)7-11-8(14)6(10)9(15)12-7/h5H,2-4H2,1H3,(H2,11,12,14,15). The van der Waals surface area contributed by atoms with Crippen LogP contribution in [-0.4, -0.2) is 46.7 Å². The van der Waals surface area contributed by atoms with Crippen LogP contribution in [-0.2, 0) is 4.74 Å². The third kappa shape index (κ3) is 2.36. The second-order valence-electron chi connectivity index (χ2n) is 3.71. The number of nitrogens with zero attached hydrogens (tertiary/aromatic N) is 2. The normalized spacial score (nSPS) is 22.2. The molecule has 0 radical (unpaired) electrons. The maximum Gasteiger partial charge on any atom is 0.268 e. The van der Waals surface area contributed by atoms with Gasteiger partial charge < -0.3 is 19.7 Å². The quantitative estimate of drug-likeness (QED) is 0.710. The summed E-state index contributed by atoms with van der Waals surface area (Å²) in [5.74, 6) is 0.144. The van der Waals surface area contributed by atoms with Crippen LogP contribution in [0, 0.1) is 3.57 Å². The van der Waals surface area contributed by atoms with Crippen molar-refractivity contribution in [3.63, 3.8) is 0 Å². The number of rotatable bonds is 1. The second kappa shape index (κ2) is 4.68. The summed E-state index contributed by atoms with van der Waals surface area (Å²) in [6, 6.07) is 0. The van der Waals surface area contributed by atoms with Gasteiger partial charge in [-0.2, -0.15) is 4.98 Å². The first-order chi connectivity index (χ1) is 7.58. The molecule has 2 heterocycles. The number of H-pyrrole nitrogens is 1. The van der Waals surface area contributed by atoms with Crippen LogP contribution in [0.4, 0.5) is 0 Å². The van der Waals surface area contributed by atoms with Crippen LogP contribution in [0.15, 0.2) is 4.79 Å². The summed E-state index contributed by atoms with van der Waals surface area (Å²) in [4.78, 5) is 20.1. The third-order valence-electron chi connectivity index (χ3n) is 2.44. The Hall–Kier alpha value is -0.670. The van der Waals surface area contributed by atoms with Gasteiger partial charge in [-0.05, 0) is 29.6 Å². The zero-order valence-corrected chi connectivity index (χ0v) is 10.9. The molecule has 0 bridgehead atoms. The first-order valence-corrected chi connectivity index (χ1v) is 5.94. The van der Waals surface area contributed by atoms with Gasteiger partial charge in [0.1, 0.15) is 15.5 Å². The number of morpholine rings is 1. The Balaban J connectivity index is 2.30. The number of aromatic nitrogens is 2. The highest BCUT2D eigenvalue weighted by Gasteiger charge is 2.23. The van der Waals surface area contributed by atoms with E-state index in [0.717, 1.165) is 6.54 Å². The predicted molar refractivity (Wildman–Crippen MR) is 65.4 cm³/mol. The van der Waals surface area contributed by atoms with Crippen molar-refractivity contribution in [3.05, 3.63) is 19.7 Å². The summed E-state index contributed by atoms with van der Waals surface area (Å²) >= 11 is 1.75. The fourth-order valence-corrected chi connectivity index (χ4v) is 1.82. The zero-order chi connectivity index (χ0) is 11.7. The summed E-state index contributed by atoms with van der Waals surface area (Å²) < 4.78 is 5.70. The van der Waals surface area contributed by atoms with Crippen molar-refractivity contribution >= 4 is 22.6 Å². The Kier molecular flexibility index (Phi) is 3.45. The molecule has 6 nitrogen and oxygen atoms in total. The molecule has 1 aliphatic heterocycles. The number of ether oxygens (including phenoxy) is 1. The zero-order valence-electron chi connectivity index (χ0n) is 8.73.